The lowest BCUT2D eigenvalue weighted by Crippen LogP contribution is -2.12. The lowest BCUT2D eigenvalue weighted by atomic mass is 10.3. The normalized spacial score (nSPS) is 10.8. The van der Waals surface area contributed by atoms with Crippen LogP contribution in [0.5, 0.6) is 0 Å². The predicted molar refractivity (Wildman–Crippen MR) is 58.3 cm³/mol. The van der Waals surface area contributed by atoms with Crippen molar-refractivity contribution in [3.8, 4) is 6.19 Å². The van der Waals surface area contributed by atoms with Gasteiger partial charge in [0.2, 0.25) is 0 Å². The molecule has 1 aromatic heterocycles. The topological polar surface area (TPSA) is 61.1 Å². The van der Waals surface area contributed by atoms with Crippen molar-refractivity contribution in [2.24, 2.45) is 4.99 Å². The van der Waals surface area contributed by atoms with Crippen LogP contribution in [0.2, 0.25) is 0 Å². The quantitative estimate of drug-likeness (QED) is 0.329. The minimum absolute atomic E-state index is 0.573. The molecule has 0 atom stereocenters. The fourth-order valence-electron chi connectivity index (χ4n) is 0.855. The molecule has 0 saturated heterocycles. The summed E-state index contributed by atoms with van der Waals surface area (Å²) in [6.45, 7) is 1.95. The van der Waals surface area contributed by atoms with Crippen molar-refractivity contribution in [2.45, 2.75) is 6.92 Å². The highest BCUT2D eigenvalue weighted by Crippen LogP contribution is 2.16. The Labute approximate surface area is 87.1 Å². The second kappa shape index (κ2) is 5.25. The van der Waals surface area contributed by atoms with Crippen LogP contribution in [0.25, 0.3) is 0 Å². The molecule has 0 radical (unpaired) electrons. The van der Waals surface area contributed by atoms with Gasteiger partial charge in [0.05, 0.1) is 11.9 Å². The minimum Gasteiger partial charge on any atom is -0.271 e. The molecule has 0 aliphatic carbocycles. The molecule has 0 fully saturated rings. The van der Waals surface area contributed by atoms with E-state index >= 15 is 0 Å². The monoisotopic (exact) mass is 206 g/mol. The fraction of sp³-hybridized carbons (Fsp3) is 0.222. The minimum atomic E-state index is 0.573. The molecule has 0 saturated carbocycles. The molecule has 0 bridgehead atoms. The smallest absolute Gasteiger partial charge is 0.183 e. The number of aryl methyl sites for hydroxylation is 1. The van der Waals surface area contributed by atoms with Gasteiger partial charge in [0.15, 0.2) is 11.4 Å². The Morgan fingerprint density at radius 1 is 1.71 bits per heavy atom. The number of aromatic nitrogens is 1. The highest BCUT2D eigenvalue weighted by atomic mass is 32.2. The molecule has 1 N–H and O–H groups in total. The van der Waals surface area contributed by atoms with E-state index in [0.717, 1.165) is 11.3 Å². The SMILES string of the molecule is CSC(=Nc1cnccc1C)NC#N. The van der Waals surface area contributed by atoms with Gasteiger partial charge in [-0.3, -0.25) is 10.3 Å². The number of thioether (sulfide) groups is 1. The van der Waals surface area contributed by atoms with Crippen molar-refractivity contribution < 1.29 is 0 Å². The van der Waals surface area contributed by atoms with Crippen LogP contribution < -0.4 is 5.32 Å². The Morgan fingerprint density at radius 2 is 2.50 bits per heavy atom. The van der Waals surface area contributed by atoms with Gasteiger partial charge in [-0.1, -0.05) is 11.8 Å². The Bertz CT molecular complexity index is 381. The molecule has 5 heteroatoms. The van der Waals surface area contributed by atoms with Crippen LogP contribution in [0.4, 0.5) is 5.69 Å². The molecule has 0 amide bonds. The number of nitriles is 1. The van der Waals surface area contributed by atoms with E-state index in [0.29, 0.717) is 5.17 Å². The fourth-order valence-corrected chi connectivity index (χ4v) is 1.19. The zero-order valence-corrected chi connectivity index (χ0v) is 8.80. The Morgan fingerprint density at radius 3 is 3.07 bits per heavy atom. The molecule has 1 rings (SSSR count). The second-order valence-electron chi connectivity index (χ2n) is 2.52. The first-order chi connectivity index (χ1) is 6.77. The highest BCUT2D eigenvalue weighted by Gasteiger charge is 1.98. The maximum Gasteiger partial charge on any atom is 0.183 e. The number of nitrogens with one attached hydrogen (secondary N) is 1. The number of amidine groups is 1. The van der Waals surface area contributed by atoms with Gasteiger partial charge >= 0.3 is 0 Å². The first-order valence-corrected chi connectivity index (χ1v) is 5.19. The number of rotatable bonds is 1. The largest absolute Gasteiger partial charge is 0.271 e. The van der Waals surface area contributed by atoms with Crippen LogP contribution in [-0.2, 0) is 0 Å². The Kier molecular flexibility index (Phi) is 3.95. The van der Waals surface area contributed by atoms with E-state index in [2.05, 4.69) is 15.3 Å². The first-order valence-electron chi connectivity index (χ1n) is 3.96. The summed E-state index contributed by atoms with van der Waals surface area (Å²) in [7, 11) is 0. The predicted octanol–water partition coefficient (Wildman–Crippen LogP) is 1.81. The summed E-state index contributed by atoms with van der Waals surface area (Å²) in [5.41, 5.74) is 1.81. The third-order valence-electron chi connectivity index (χ3n) is 1.59. The van der Waals surface area contributed by atoms with E-state index in [4.69, 9.17) is 5.26 Å². The summed E-state index contributed by atoms with van der Waals surface area (Å²) in [5, 5.41) is 11.5. The number of hydrogen-bond acceptors (Lipinski definition) is 4. The number of aliphatic imine (C=N–C) groups is 1. The van der Waals surface area contributed by atoms with Crippen molar-refractivity contribution in [3.05, 3.63) is 24.0 Å². The zero-order chi connectivity index (χ0) is 10.4. The van der Waals surface area contributed by atoms with Crippen molar-refractivity contribution in [1.29, 1.82) is 5.26 Å². The van der Waals surface area contributed by atoms with Gasteiger partial charge < -0.3 is 0 Å². The van der Waals surface area contributed by atoms with E-state index in [9.17, 15) is 0 Å². The summed E-state index contributed by atoms with van der Waals surface area (Å²) >= 11 is 1.39. The molecule has 0 spiro atoms. The van der Waals surface area contributed by atoms with E-state index < -0.39 is 0 Å². The van der Waals surface area contributed by atoms with Gasteiger partial charge in [-0.2, -0.15) is 5.26 Å². The highest BCUT2D eigenvalue weighted by molar-refractivity contribution is 8.13. The Hall–Kier alpha value is -1.54. The molecular weight excluding hydrogens is 196 g/mol. The summed E-state index contributed by atoms with van der Waals surface area (Å²) in [5.74, 6) is 0. The maximum absolute atomic E-state index is 8.44. The number of hydrogen-bond donors (Lipinski definition) is 1. The van der Waals surface area contributed by atoms with Crippen LogP contribution in [-0.4, -0.2) is 16.4 Å². The summed E-state index contributed by atoms with van der Waals surface area (Å²) < 4.78 is 0. The van der Waals surface area contributed by atoms with Crippen LogP contribution >= 0.6 is 11.8 Å². The van der Waals surface area contributed by atoms with Crippen molar-refractivity contribution in [1.82, 2.24) is 10.3 Å². The van der Waals surface area contributed by atoms with Crippen molar-refractivity contribution in [3.63, 3.8) is 0 Å². The van der Waals surface area contributed by atoms with Gasteiger partial charge in [0.1, 0.15) is 0 Å². The molecule has 1 heterocycles. The van der Waals surface area contributed by atoms with Gasteiger partial charge in [-0.05, 0) is 24.8 Å². The van der Waals surface area contributed by atoms with Gasteiger partial charge in [0.25, 0.3) is 0 Å². The average molecular weight is 206 g/mol. The average Bonchev–Trinajstić information content (AvgIpc) is 2.20. The molecular formula is C9H10N4S. The van der Waals surface area contributed by atoms with E-state index in [1.54, 1.807) is 12.4 Å². The summed E-state index contributed by atoms with van der Waals surface area (Å²) in [6, 6.07) is 1.88. The van der Waals surface area contributed by atoms with Gasteiger partial charge in [0, 0.05) is 6.20 Å². The second-order valence-corrected chi connectivity index (χ2v) is 3.31. The molecule has 14 heavy (non-hydrogen) atoms. The lowest BCUT2D eigenvalue weighted by Gasteiger charge is -2.01. The van der Waals surface area contributed by atoms with Crippen molar-refractivity contribution in [2.75, 3.05) is 6.26 Å². The molecule has 4 nitrogen and oxygen atoms in total. The molecule has 0 aromatic carbocycles. The van der Waals surface area contributed by atoms with Crippen molar-refractivity contribution >= 4 is 22.6 Å². The van der Waals surface area contributed by atoms with Gasteiger partial charge in [-0.15, -0.1) is 0 Å². The third kappa shape index (κ3) is 2.75. The molecule has 0 aliphatic rings. The molecule has 1 aromatic rings. The zero-order valence-electron chi connectivity index (χ0n) is 7.98. The van der Waals surface area contributed by atoms with Crippen LogP contribution in [0, 0.1) is 18.4 Å². The van der Waals surface area contributed by atoms with Crippen LogP contribution in [0.3, 0.4) is 0 Å². The van der Waals surface area contributed by atoms with E-state index in [-0.39, 0.29) is 0 Å². The molecule has 0 aliphatic heterocycles. The number of pyridine rings is 1. The van der Waals surface area contributed by atoms with E-state index in [1.807, 2.05) is 25.4 Å². The van der Waals surface area contributed by atoms with E-state index in [1.165, 1.54) is 11.8 Å². The summed E-state index contributed by atoms with van der Waals surface area (Å²) in [4.78, 5) is 8.22. The third-order valence-corrected chi connectivity index (χ3v) is 2.17. The number of nitrogens with zero attached hydrogens (tertiary/aromatic N) is 3. The molecule has 0 unspecified atom stereocenters. The first kappa shape index (κ1) is 10.5. The van der Waals surface area contributed by atoms with Crippen LogP contribution in [0.1, 0.15) is 5.56 Å². The van der Waals surface area contributed by atoms with Crippen LogP contribution in [0.15, 0.2) is 23.5 Å². The Balaban J connectivity index is 2.95. The summed E-state index contributed by atoms with van der Waals surface area (Å²) in [6.07, 6.45) is 7.08. The standard InChI is InChI=1S/C9H10N4S/c1-7-3-4-11-5-8(7)13-9(14-2)12-6-10/h3-5H,1-2H3,(H,12,13). The molecule has 72 valence electrons. The maximum atomic E-state index is 8.44. The lowest BCUT2D eigenvalue weighted by molar-refractivity contribution is 1.23. The van der Waals surface area contributed by atoms with Gasteiger partial charge in [-0.25, -0.2) is 4.99 Å².